The van der Waals surface area contributed by atoms with Gasteiger partial charge in [-0.2, -0.15) is 0 Å². The van der Waals surface area contributed by atoms with E-state index in [9.17, 15) is 9.59 Å². The lowest BCUT2D eigenvalue weighted by Crippen LogP contribution is -2.31. The number of hydrogen-bond donors (Lipinski definition) is 1. The van der Waals surface area contributed by atoms with Crippen LogP contribution in [-0.4, -0.2) is 16.7 Å². The van der Waals surface area contributed by atoms with Crippen molar-refractivity contribution in [1.29, 1.82) is 0 Å². The van der Waals surface area contributed by atoms with E-state index in [1.807, 2.05) is 32.0 Å². The molecule has 4 nitrogen and oxygen atoms in total. The largest absolute Gasteiger partial charge is 0.350 e. The number of anilines is 1. The Morgan fingerprint density at radius 1 is 0.920 bits per heavy atom. The molecule has 1 N–H and O–H groups in total. The summed E-state index contributed by atoms with van der Waals surface area (Å²) in [6.07, 6.45) is 0. The summed E-state index contributed by atoms with van der Waals surface area (Å²) in [6, 6.07) is 12.7. The Hall–Kier alpha value is -2.30. The molecule has 0 fully saturated rings. The Labute approximate surface area is 156 Å². The van der Waals surface area contributed by atoms with Gasteiger partial charge < -0.3 is 5.32 Å². The standard InChI is InChI=1S/C19H16Cl2N2O2/c1-11-3-8-15(9-12(11)2)22-17-16(21)18(24)23(19(17)25)10-13-4-6-14(20)7-5-13/h3-9,22H,10H2,1-2H3. The van der Waals surface area contributed by atoms with Crippen LogP contribution in [0.3, 0.4) is 0 Å². The van der Waals surface area contributed by atoms with Gasteiger partial charge >= 0.3 is 0 Å². The van der Waals surface area contributed by atoms with Crippen LogP contribution >= 0.6 is 23.2 Å². The van der Waals surface area contributed by atoms with Gasteiger partial charge in [0.2, 0.25) is 0 Å². The van der Waals surface area contributed by atoms with Crippen molar-refractivity contribution >= 4 is 40.7 Å². The number of nitrogens with zero attached hydrogens (tertiary/aromatic N) is 1. The van der Waals surface area contributed by atoms with E-state index in [4.69, 9.17) is 23.2 Å². The minimum atomic E-state index is -0.507. The first kappa shape index (κ1) is 17.5. The highest BCUT2D eigenvalue weighted by Crippen LogP contribution is 2.27. The molecule has 1 heterocycles. The predicted molar refractivity (Wildman–Crippen MR) is 99.4 cm³/mol. The molecular formula is C19H16Cl2N2O2. The smallest absolute Gasteiger partial charge is 0.279 e. The van der Waals surface area contributed by atoms with Crippen LogP contribution in [-0.2, 0) is 16.1 Å². The second-order valence-corrected chi connectivity index (χ2v) is 6.75. The van der Waals surface area contributed by atoms with Crippen molar-refractivity contribution < 1.29 is 9.59 Å². The maximum Gasteiger partial charge on any atom is 0.279 e. The summed E-state index contributed by atoms with van der Waals surface area (Å²) >= 11 is 12.0. The zero-order valence-corrected chi connectivity index (χ0v) is 15.3. The van der Waals surface area contributed by atoms with Gasteiger partial charge in [0.15, 0.2) is 0 Å². The number of rotatable bonds is 4. The minimum Gasteiger partial charge on any atom is -0.350 e. The maximum atomic E-state index is 12.6. The fourth-order valence-electron chi connectivity index (χ4n) is 2.53. The minimum absolute atomic E-state index is 0.0998. The van der Waals surface area contributed by atoms with E-state index in [-0.39, 0.29) is 17.3 Å². The molecule has 6 heteroatoms. The Balaban J connectivity index is 1.81. The predicted octanol–water partition coefficient (Wildman–Crippen LogP) is 4.39. The third-order valence-corrected chi connectivity index (χ3v) is 4.74. The van der Waals surface area contributed by atoms with Crippen molar-refractivity contribution in [3.8, 4) is 0 Å². The molecule has 0 radical (unpaired) electrons. The highest BCUT2D eigenvalue weighted by molar-refractivity contribution is 6.48. The van der Waals surface area contributed by atoms with Crippen LogP contribution in [0.2, 0.25) is 5.02 Å². The molecule has 3 rings (SSSR count). The maximum absolute atomic E-state index is 12.6. The number of aryl methyl sites for hydroxylation is 2. The van der Waals surface area contributed by atoms with Crippen LogP contribution in [0.15, 0.2) is 53.2 Å². The van der Waals surface area contributed by atoms with Crippen molar-refractivity contribution in [2.75, 3.05) is 5.32 Å². The second-order valence-electron chi connectivity index (χ2n) is 5.94. The summed E-state index contributed by atoms with van der Waals surface area (Å²) < 4.78 is 0. The molecule has 0 bridgehead atoms. The van der Waals surface area contributed by atoms with E-state index < -0.39 is 11.8 Å². The number of carbonyl (C=O) groups excluding carboxylic acids is 2. The summed E-state index contributed by atoms with van der Waals surface area (Å²) in [5.74, 6) is -0.948. The number of amides is 2. The summed E-state index contributed by atoms with van der Waals surface area (Å²) in [6.45, 7) is 4.12. The molecule has 25 heavy (non-hydrogen) atoms. The zero-order chi connectivity index (χ0) is 18.1. The number of benzene rings is 2. The first-order valence-corrected chi connectivity index (χ1v) is 8.47. The topological polar surface area (TPSA) is 49.4 Å². The quantitative estimate of drug-likeness (QED) is 0.807. The number of nitrogens with one attached hydrogen (secondary N) is 1. The van der Waals surface area contributed by atoms with Gasteiger partial charge in [0.1, 0.15) is 10.7 Å². The highest BCUT2D eigenvalue weighted by atomic mass is 35.5. The fourth-order valence-corrected chi connectivity index (χ4v) is 2.89. The van der Waals surface area contributed by atoms with Gasteiger partial charge in [-0.3, -0.25) is 14.5 Å². The molecule has 0 aliphatic carbocycles. The molecule has 2 aromatic rings. The van der Waals surface area contributed by atoms with Crippen molar-refractivity contribution in [1.82, 2.24) is 4.90 Å². The fraction of sp³-hybridized carbons (Fsp3) is 0.158. The molecule has 2 amide bonds. The number of hydrogen-bond acceptors (Lipinski definition) is 3. The van der Waals surface area contributed by atoms with Gasteiger partial charge in [0.25, 0.3) is 11.8 Å². The molecule has 0 aromatic heterocycles. The van der Waals surface area contributed by atoms with Gasteiger partial charge in [-0.05, 0) is 54.8 Å². The van der Waals surface area contributed by atoms with Crippen LogP contribution in [0.1, 0.15) is 16.7 Å². The molecule has 1 aliphatic rings. The van der Waals surface area contributed by atoms with Crippen molar-refractivity contribution in [3.05, 3.63) is 74.9 Å². The molecule has 0 spiro atoms. The first-order valence-electron chi connectivity index (χ1n) is 7.71. The lowest BCUT2D eigenvalue weighted by Gasteiger charge is -2.15. The monoisotopic (exact) mass is 374 g/mol. The van der Waals surface area contributed by atoms with E-state index in [2.05, 4.69) is 5.32 Å². The van der Waals surface area contributed by atoms with Crippen LogP contribution in [0.5, 0.6) is 0 Å². The van der Waals surface area contributed by atoms with Crippen LogP contribution in [0.25, 0.3) is 0 Å². The van der Waals surface area contributed by atoms with Crippen LogP contribution in [0, 0.1) is 13.8 Å². The summed E-state index contributed by atoms with van der Waals surface area (Å²) in [7, 11) is 0. The van der Waals surface area contributed by atoms with E-state index >= 15 is 0 Å². The van der Waals surface area contributed by atoms with Crippen molar-refractivity contribution in [3.63, 3.8) is 0 Å². The van der Waals surface area contributed by atoms with E-state index in [0.717, 1.165) is 21.6 Å². The number of imide groups is 1. The number of carbonyl (C=O) groups is 2. The molecule has 0 unspecified atom stereocenters. The van der Waals surface area contributed by atoms with Gasteiger partial charge in [-0.15, -0.1) is 0 Å². The molecule has 0 saturated heterocycles. The molecule has 2 aromatic carbocycles. The summed E-state index contributed by atoms with van der Waals surface area (Å²) in [5.41, 5.74) is 3.83. The molecule has 0 saturated carbocycles. The number of halogens is 2. The van der Waals surface area contributed by atoms with Crippen LogP contribution in [0.4, 0.5) is 5.69 Å². The lowest BCUT2D eigenvalue weighted by atomic mass is 10.1. The van der Waals surface area contributed by atoms with Crippen molar-refractivity contribution in [2.24, 2.45) is 0 Å². The average Bonchev–Trinajstić information content (AvgIpc) is 2.78. The van der Waals surface area contributed by atoms with Crippen LogP contribution < -0.4 is 5.32 Å². The Bertz CT molecular complexity index is 889. The SMILES string of the molecule is Cc1ccc(NC2=C(Cl)C(=O)N(Cc3ccc(Cl)cc3)C2=O)cc1C. The second kappa shape index (κ2) is 6.90. The van der Waals surface area contributed by atoms with Gasteiger partial charge in [0.05, 0.1) is 6.54 Å². The zero-order valence-electron chi connectivity index (χ0n) is 13.8. The van der Waals surface area contributed by atoms with Crippen molar-refractivity contribution in [2.45, 2.75) is 20.4 Å². The summed E-state index contributed by atoms with van der Waals surface area (Å²) in [5, 5.41) is 3.47. The van der Waals surface area contributed by atoms with E-state index in [0.29, 0.717) is 10.7 Å². The third kappa shape index (κ3) is 3.55. The first-order chi connectivity index (χ1) is 11.9. The molecular weight excluding hydrogens is 359 g/mol. The molecule has 1 aliphatic heterocycles. The Kier molecular flexibility index (Phi) is 4.84. The normalized spacial score (nSPS) is 14.5. The third-order valence-electron chi connectivity index (χ3n) is 4.14. The van der Waals surface area contributed by atoms with E-state index in [1.54, 1.807) is 24.3 Å². The molecule has 128 valence electrons. The van der Waals surface area contributed by atoms with Gasteiger partial charge in [-0.1, -0.05) is 41.4 Å². The Morgan fingerprint density at radius 3 is 2.24 bits per heavy atom. The average molecular weight is 375 g/mol. The van der Waals surface area contributed by atoms with Gasteiger partial charge in [-0.25, -0.2) is 0 Å². The summed E-state index contributed by atoms with van der Waals surface area (Å²) in [4.78, 5) is 26.1. The Morgan fingerprint density at radius 2 is 1.60 bits per heavy atom. The van der Waals surface area contributed by atoms with E-state index in [1.165, 1.54) is 0 Å². The lowest BCUT2D eigenvalue weighted by molar-refractivity contribution is -0.138. The van der Waals surface area contributed by atoms with Gasteiger partial charge in [0, 0.05) is 10.7 Å². The molecule has 0 atom stereocenters. The highest BCUT2D eigenvalue weighted by Gasteiger charge is 2.37.